The monoisotopic (exact) mass is 266 g/mol. The molecule has 0 N–H and O–H groups in total. The predicted octanol–water partition coefficient (Wildman–Crippen LogP) is 4.16. The van der Waals surface area contributed by atoms with Crippen LogP contribution in [0.3, 0.4) is 0 Å². The second kappa shape index (κ2) is 6.87. The third-order valence-corrected chi connectivity index (χ3v) is 8.59. The predicted molar refractivity (Wildman–Crippen MR) is 75.9 cm³/mol. The van der Waals surface area contributed by atoms with E-state index in [4.69, 9.17) is 0 Å². The van der Waals surface area contributed by atoms with Gasteiger partial charge in [0.25, 0.3) is 0 Å². The fraction of sp³-hybridized carbons (Fsp3) is 1.00. The van der Waals surface area contributed by atoms with Crippen molar-refractivity contribution in [2.24, 2.45) is 0 Å². The molecule has 0 nitrogen and oxygen atoms in total. The third-order valence-electron chi connectivity index (χ3n) is 2.43. The second-order valence-corrected chi connectivity index (χ2v) is 9.47. The van der Waals surface area contributed by atoms with Gasteiger partial charge in [-0.3, -0.25) is 0 Å². The summed E-state index contributed by atoms with van der Waals surface area (Å²) < 4.78 is 1.85. The van der Waals surface area contributed by atoms with Gasteiger partial charge in [-0.2, -0.15) is 0 Å². The van der Waals surface area contributed by atoms with Crippen molar-refractivity contribution in [2.75, 3.05) is 23.0 Å². The summed E-state index contributed by atoms with van der Waals surface area (Å²) in [6.07, 6.45) is 5.75. The molecule has 2 saturated heterocycles. The molecule has 0 aromatic carbocycles. The first-order valence-corrected chi connectivity index (χ1v) is 9.61. The Morgan fingerprint density at radius 3 is 1.36 bits per heavy atom. The molecular formula is C10H18S4. The molecule has 82 valence electrons. The average Bonchev–Trinajstić information content (AvgIpc) is 2.29. The molecular weight excluding hydrogens is 248 g/mol. The number of hydrogen-bond acceptors (Lipinski definition) is 4. The molecule has 0 spiro atoms. The highest BCUT2D eigenvalue weighted by Crippen LogP contribution is 2.38. The minimum absolute atomic E-state index is 0.923. The van der Waals surface area contributed by atoms with Crippen LogP contribution in [0.2, 0.25) is 0 Å². The molecule has 14 heavy (non-hydrogen) atoms. The SMILES string of the molecule is C1CSC(CCC2SCCCS2)SC1. The van der Waals surface area contributed by atoms with Gasteiger partial charge >= 0.3 is 0 Å². The summed E-state index contributed by atoms with van der Waals surface area (Å²) in [7, 11) is 0. The van der Waals surface area contributed by atoms with Crippen molar-refractivity contribution in [1.82, 2.24) is 0 Å². The lowest BCUT2D eigenvalue weighted by Crippen LogP contribution is -2.11. The molecule has 0 aliphatic carbocycles. The van der Waals surface area contributed by atoms with E-state index in [0.717, 1.165) is 9.16 Å². The van der Waals surface area contributed by atoms with Crippen molar-refractivity contribution in [3.8, 4) is 0 Å². The molecule has 2 rings (SSSR count). The van der Waals surface area contributed by atoms with Crippen molar-refractivity contribution < 1.29 is 0 Å². The highest BCUT2D eigenvalue weighted by atomic mass is 32.2. The van der Waals surface area contributed by atoms with Crippen molar-refractivity contribution in [3.05, 3.63) is 0 Å². The molecule has 2 aliphatic heterocycles. The number of rotatable bonds is 3. The van der Waals surface area contributed by atoms with Crippen molar-refractivity contribution >= 4 is 47.0 Å². The molecule has 0 aromatic heterocycles. The maximum Gasteiger partial charge on any atom is 0.0503 e. The molecule has 0 radical (unpaired) electrons. The molecule has 0 unspecified atom stereocenters. The van der Waals surface area contributed by atoms with E-state index in [1.807, 2.05) is 0 Å². The number of hydrogen-bond donors (Lipinski definition) is 0. The highest BCUT2D eigenvalue weighted by molar-refractivity contribution is 8.18. The first-order valence-electron chi connectivity index (χ1n) is 5.41. The van der Waals surface area contributed by atoms with E-state index in [1.54, 1.807) is 0 Å². The van der Waals surface area contributed by atoms with Gasteiger partial charge in [0.1, 0.15) is 0 Å². The lowest BCUT2D eigenvalue weighted by Gasteiger charge is -2.25. The minimum atomic E-state index is 0.923. The zero-order valence-corrected chi connectivity index (χ0v) is 11.7. The zero-order valence-electron chi connectivity index (χ0n) is 8.44. The van der Waals surface area contributed by atoms with Crippen LogP contribution in [0.5, 0.6) is 0 Å². The molecule has 0 amide bonds. The summed E-state index contributed by atoms with van der Waals surface area (Å²) in [4.78, 5) is 0. The van der Waals surface area contributed by atoms with E-state index in [9.17, 15) is 0 Å². The van der Waals surface area contributed by atoms with E-state index in [-0.39, 0.29) is 0 Å². The van der Waals surface area contributed by atoms with Gasteiger partial charge in [0.15, 0.2) is 0 Å². The van der Waals surface area contributed by atoms with Crippen LogP contribution >= 0.6 is 47.0 Å². The maximum absolute atomic E-state index is 2.20. The van der Waals surface area contributed by atoms with Crippen LogP contribution in [0, 0.1) is 0 Å². The van der Waals surface area contributed by atoms with Gasteiger partial charge in [-0.1, -0.05) is 0 Å². The first kappa shape index (κ1) is 11.9. The molecule has 0 saturated carbocycles. The molecule has 2 aliphatic rings. The molecule has 4 heteroatoms. The maximum atomic E-state index is 2.20. The Morgan fingerprint density at radius 2 is 1.00 bits per heavy atom. The van der Waals surface area contributed by atoms with Crippen molar-refractivity contribution in [2.45, 2.75) is 34.8 Å². The van der Waals surface area contributed by atoms with Gasteiger partial charge < -0.3 is 0 Å². The largest absolute Gasteiger partial charge is 0.148 e. The zero-order chi connectivity index (χ0) is 9.64. The lowest BCUT2D eigenvalue weighted by atomic mass is 10.4. The summed E-state index contributed by atoms with van der Waals surface area (Å²) in [5.74, 6) is 5.62. The van der Waals surface area contributed by atoms with Crippen LogP contribution in [-0.2, 0) is 0 Å². The molecule has 0 atom stereocenters. The van der Waals surface area contributed by atoms with E-state index in [2.05, 4.69) is 47.0 Å². The minimum Gasteiger partial charge on any atom is -0.148 e. The topological polar surface area (TPSA) is 0 Å². The summed E-state index contributed by atoms with van der Waals surface area (Å²) >= 11 is 8.78. The standard InChI is InChI=1S/C10H18S4/c1-5-11-9(12-6-1)3-4-10-13-7-2-8-14-10/h9-10H,1-8H2. The normalized spacial score (nSPS) is 26.6. The fourth-order valence-corrected chi connectivity index (χ4v) is 7.48. The Hall–Kier alpha value is 1.40. The summed E-state index contributed by atoms with van der Waals surface area (Å²) in [6, 6.07) is 0. The van der Waals surface area contributed by atoms with Crippen LogP contribution in [-0.4, -0.2) is 32.2 Å². The highest BCUT2D eigenvalue weighted by Gasteiger charge is 2.19. The second-order valence-electron chi connectivity index (χ2n) is 3.63. The molecule has 0 aromatic rings. The Morgan fingerprint density at radius 1 is 0.643 bits per heavy atom. The fourth-order valence-electron chi connectivity index (χ4n) is 1.68. The Bertz CT molecular complexity index is 132. The van der Waals surface area contributed by atoms with Gasteiger partial charge in [0.05, 0.1) is 9.16 Å². The van der Waals surface area contributed by atoms with Gasteiger partial charge in [0.2, 0.25) is 0 Å². The van der Waals surface area contributed by atoms with Gasteiger partial charge in [-0.25, -0.2) is 0 Å². The van der Waals surface area contributed by atoms with Crippen molar-refractivity contribution in [3.63, 3.8) is 0 Å². The van der Waals surface area contributed by atoms with Crippen LogP contribution in [0.1, 0.15) is 25.7 Å². The third kappa shape index (κ3) is 4.11. The van der Waals surface area contributed by atoms with Gasteiger partial charge in [-0.05, 0) is 48.7 Å². The smallest absolute Gasteiger partial charge is 0.0503 e. The lowest BCUT2D eigenvalue weighted by molar-refractivity contribution is 0.843. The summed E-state index contributed by atoms with van der Waals surface area (Å²) in [5.41, 5.74) is 0. The molecule has 0 bridgehead atoms. The van der Waals surface area contributed by atoms with E-state index in [1.165, 1.54) is 48.7 Å². The van der Waals surface area contributed by atoms with Crippen molar-refractivity contribution in [1.29, 1.82) is 0 Å². The Balaban J connectivity index is 1.60. The summed E-state index contributed by atoms with van der Waals surface area (Å²) in [5, 5.41) is 0. The molecule has 2 fully saturated rings. The van der Waals surface area contributed by atoms with E-state index < -0.39 is 0 Å². The average molecular weight is 267 g/mol. The quantitative estimate of drug-likeness (QED) is 0.752. The van der Waals surface area contributed by atoms with Gasteiger partial charge in [0, 0.05) is 0 Å². The Labute approximate surface area is 105 Å². The first-order chi connectivity index (χ1) is 6.95. The van der Waals surface area contributed by atoms with Crippen LogP contribution < -0.4 is 0 Å². The van der Waals surface area contributed by atoms with Gasteiger partial charge in [-0.15, -0.1) is 47.0 Å². The Kier molecular flexibility index (Phi) is 5.83. The van der Waals surface area contributed by atoms with Crippen LogP contribution in [0.25, 0.3) is 0 Å². The van der Waals surface area contributed by atoms with Crippen LogP contribution in [0.4, 0.5) is 0 Å². The van der Waals surface area contributed by atoms with E-state index >= 15 is 0 Å². The molecule has 2 heterocycles. The van der Waals surface area contributed by atoms with E-state index in [0.29, 0.717) is 0 Å². The van der Waals surface area contributed by atoms with Crippen LogP contribution in [0.15, 0.2) is 0 Å². The summed E-state index contributed by atoms with van der Waals surface area (Å²) in [6.45, 7) is 0. The number of thioether (sulfide) groups is 4.